The third-order valence-corrected chi connectivity index (χ3v) is 5.28. The Morgan fingerprint density at radius 2 is 2.12 bits per heavy atom. The zero-order chi connectivity index (χ0) is 18.7. The second-order valence-electron chi connectivity index (χ2n) is 7.16. The van der Waals surface area contributed by atoms with Crippen molar-refractivity contribution in [1.29, 1.82) is 0 Å². The minimum atomic E-state index is -0.954. The van der Waals surface area contributed by atoms with E-state index >= 15 is 0 Å². The van der Waals surface area contributed by atoms with E-state index in [0.717, 1.165) is 0 Å². The highest BCUT2D eigenvalue weighted by Crippen LogP contribution is 2.49. The lowest BCUT2D eigenvalue weighted by atomic mass is 9.54. The topological polar surface area (TPSA) is 73.6 Å². The van der Waals surface area contributed by atoms with Gasteiger partial charge in [0.25, 0.3) is 0 Å². The van der Waals surface area contributed by atoms with Crippen molar-refractivity contribution in [3.05, 3.63) is 30.1 Å². The number of carbonyl (C=O) groups excluding carboxylic acids is 1. The predicted molar refractivity (Wildman–Crippen MR) is 102 cm³/mol. The van der Waals surface area contributed by atoms with Crippen LogP contribution >= 0.6 is 12.4 Å². The van der Waals surface area contributed by atoms with Crippen LogP contribution in [0.25, 0.3) is 0 Å². The Labute approximate surface area is 161 Å². The number of hydrogen-bond acceptors (Lipinski definition) is 4. The Hall–Kier alpha value is -1.37. The van der Waals surface area contributed by atoms with E-state index in [2.05, 4.69) is 5.32 Å². The molecule has 2 rings (SSSR count). The summed E-state index contributed by atoms with van der Waals surface area (Å²) < 4.78 is 24.7. The van der Waals surface area contributed by atoms with Crippen LogP contribution in [0, 0.1) is 11.2 Å². The van der Waals surface area contributed by atoms with Gasteiger partial charge in [-0.2, -0.15) is 0 Å². The summed E-state index contributed by atoms with van der Waals surface area (Å²) in [5, 5.41) is 2.89. The van der Waals surface area contributed by atoms with E-state index in [0.29, 0.717) is 31.7 Å². The fourth-order valence-corrected chi connectivity index (χ4v) is 3.19. The first-order valence-electron chi connectivity index (χ1n) is 8.85. The number of carbonyl (C=O) groups is 1. The van der Waals surface area contributed by atoms with Crippen LogP contribution in [0.3, 0.4) is 0 Å². The van der Waals surface area contributed by atoms with Crippen LogP contribution in [0.1, 0.15) is 40.5 Å². The average Bonchev–Trinajstić information content (AvgIpc) is 2.57. The van der Waals surface area contributed by atoms with Gasteiger partial charge < -0.3 is 20.5 Å². The van der Waals surface area contributed by atoms with Gasteiger partial charge in [0.05, 0.1) is 12.6 Å². The maximum atomic E-state index is 13.3. The van der Waals surface area contributed by atoms with Crippen LogP contribution < -0.4 is 15.8 Å². The Morgan fingerprint density at radius 1 is 1.42 bits per heavy atom. The molecule has 3 atom stereocenters. The van der Waals surface area contributed by atoms with Crippen molar-refractivity contribution < 1.29 is 18.7 Å². The third-order valence-electron chi connectivity index (χ3n) is 5.28. The number of benzene rings is 1. The lowest BCUT2D eigenvalue weighted by Crippen LogP contribution is -2.76. The van der Waals surface area contributed by atoms with E-state index in [9.17, 15) is 9.18 Å². The second-order valence-corrected chi connectivity index (χ2v) is 7.16. The van der Waals surface area contributed by atoms with Crippen molar-refractivity contribution >= 4 is 18.3 Å². The molecule has 3 unspecified atom stereocenters. The maximum absolute atomic E-state index is 13.3. The number of rotatable bonds is 8. The smallest absolute Gasteiger partial charge is 0.240 e. The molecule has 7 heteroatoms. The fraction of sp³-hybridized carbons (Fsp3) is 0.632. The molecule has 26 heavy (non-hydrogen) atoms. The highest BCUT2D eigenvalue weighted by atomic mass is 35.5. The van der Waals surface area contributed by atoms with E-state index < -0.39 is 11.0 Å². The van der Waals surface area contributed by atoms with Gasteiger partial charge in [-0.15, -0.1) is 12.4 Å². The van der Waals surface area contributed by atoms with Crippen molar-refractivity contribution in [1.82, 2.24) is 5.32 Å². The average molecular weight is 389 g/mol. The number of nitrogens with two attached hydrogens (primary N) is 1. The van der Waals surface area contributed by atoms with Gasteiger partial charge in [0.15, 0.2) is 0 Å². The molecule has 1 saturated carbocycles. The Morgan fingerprint density at radius 3 is 2.65 bits per heavy atom. The van der Waals surface area contributed by atoms with Crippen molar-refractivity contribution in [2.45, 2.75) is 58.3 Å². The van der Waals surface area contributed by atoms with Crippen molar-refractivity contribution in [3.8, 4) is 5.75 Å². The molecule has 0 aromatic heterocycles. The number of nitrogens with one attached hydrogen (secondary N) is 1. The zero-order valence-corrected chi connectivity index (χ0v) is 16.7. The molecule has 0 saturated heterocycles. The van der Waals surface area contributed by atoms with Gasteiger partial charge in [-0.05, 0) is 25.5 Å². The molecule has 148 valence electrons. The van der Waals surface area contributed by atoms with Gasteiger partial charge in [0.1, 0.15) is 23.2 Å². The van der Waals surface area contributed by atoms with Crippen LogP contribution in [0.4, 0.5) is 4.39 Å². The molecular formula is C19H30ClFN2O3. The standard InChI is InChI=1S/C19H29FN2O3.ClH/c1-5-14(25-15-9-7-8-13(20)10-15)12-22-17(23)19(21)11-16(24-6-2)18(19,3)4;/h7-10,14,16H,5-6,11-12,21H2,1-4H3,(H,22,23);1H. The summed E-state index contributed by atoms with van der Waals surface area (Å²) >= 11 is 0. The van der Waals surface area contributed by atoms with Crippen LogP contribution in [-0.2, 0) is 9.53 Å². The van der Waals surface area contributed by atoms with Gasteiger partial charge in [0, 0.05) is 24.5 Å². The van der Waals surface area contributed by atoms with E-state index in [-0.39, 0.29) is 36.3 Å². The number of ether oxygens (including phenoxy) is 2. The van der Waals surface area contributed by atoms with E-state index in [1.807, 2.05) is 27.7 Å². The van der Waals surface area contributed by atoms with Gasteiger partial charge in [-0.25, -0.2) is 4.39 Å². The summed E-state index contributed by atoms with van der Waals surface area (Å²) in [7, 11) is 0. The maximum Gasteiger partial charge on any atom is 0.240 e. The summed E-state index contributed by atoms with van der Waals surface area (Å²) in [5.74, 6) is -0.103. The number of hydrogen-bond donors (Lipinski definition) is 2. The molecule has 0 heterocycles. The van der Waals surface area contributed by atoms with E-state index in [4.69, 9.17) is 15.2 Å². The first kappa shape index (κ1) is 22.7. The molecule has 1 aliphatic rings. The predicted octanol–water partition coefficient (Wildman–Crippen LogP) is 3.05. The van der Waals surface area contributed by atoms with E-state index in [1.54, 1.807) is 12.1 Å². The SMILES string of the molecule is CCOC1CC(N)(C(=O)NCC(CC)Oc2cccc(F)c2)C1(C)C.Cl. The molecule has 0 radical (unpaired) electrons. The lowest BCUT2D eigenvalue weighted by Gasteiger charge is -2.57. The van der Waals surface area contributed by atoms with Crippen molar-refractivity contribution in [2.24, 2.45) is 11.1 Å². The first-order chi connectivity index (χ1) is 11.7. The lowest BCUT2D eigenvalue weighted by molar-refractivity contribution is -0.170. The summed E-state index contributed by atoms with van der Waals surface area (Å²) in [5.41, 5.74) is 4.98. The molecule has 1 aliphatic carbocycles. The van der Waals surface area contributed by atoms with Gasteiger partial charge in [0.2, 0.25) is 5.91 Å². The fourth-order valence-electron chi connectivity index (χ4n) is 3.19. The third kappa shape index (κ3) is 4.48. The molecule has 5 nitrogen and oxygen atoms in total. The molecule has 1 amide bonds. The first-order valence-corrected chi connectivity index (χ1v) is 8.85. The normalized spacial score (nSPS) is 24.8. The monoisotopic (exact) mass is 388 g/mol. The Bertz CT molecular complexity index is 614. The highest BCUT2D eigenvalue weighted by Gasteiger charge is 2.62. The van der Waals surface area contributed by atoms with Crippen molar-refractivity contribution in [2.75, 3.05) is 13.2 Å². The van der Waals surface area contributed by atoms with E-state index in [1.165, 1.54) is 12.1 Å². The van der Waals surface area contributed by atoms with Gasteiger partial charge in [-0.1, -0.05) is 26.8 Å². The minimum absolute atomic E-state index is 0. The summed E-state index contributed by atoms with van der Waals surface area (Å²) in [6, 6.07) is 5.98. The van der Waals surface area contributed by atoms with Crippen LogP contribution in [0.2, 0.25) is 0 Å². The summed E-state index contributed by atoms with van der Waals surface area (Å²) in [6.07, 6.45) is 0.916. The highest BCUT2D eigenvalue weighted by molar-refractivity contribution is 5.88. The molecular weight excluding hydrogens is 359 g/mol. The van der Waals surface area contributed by atoms with Crippen molar-refractivity contribution in [3.63, 3.8) is 0 Å². The van der Waals surface area contributed by atoms with Crippen LogP contribution in [-0.4, -0.2) is 36.8 Å². The van der Waals surface area contributed by atoms with Gasteiger partial charge in [-0.3, -0.25) is 4.79 Å². The summed E-state index contributed by atoms with van der Waals surface area (Å²) in [4.78, 5) is 12.6. The number of amides is 1. The number of halogens is 2. The molecule has 0 aliphatic heterocycles. The molecule has 1 aromatic carbocycles. The zero-order valence-electron chi connectivity index (χ0n) is 15.9. The Balaban J connectivity index is 0.00000338. The van der Waals surface area contributed by atoms with Crippen LogP contribution in [0.5, 0.6) is 5.75 Å². The minimum Gasteiger partial charge on any atom is -0.489 e. The quantitative estimate of drug-likeness (QED) is 0.717. The molecule has 1 aromatic rings. The largest absolute Gasteiger partial charge is 0.489 e. The molecule has 3 N–H and O–H groups in total. The molecule has 0 bridgehead atoms. The Kier molecular flexibility index (Phi) is 7.86. The van der Waals surface area contributed by atoms with Crippen LogP contribution in [0.15, 0.2) is 24.3 Å². The molecule has 1 fully saturated rings. The summed E-state index contributed by atoms with van der Waals surface area (Å²) in [6.45, 7) is 8.72. The van der Waals surface area contributed by atoms with Gasteiger partial charge >= 0.3 is 0 Å². The molecule has 0 spiro atoms. The second kappa shape index (κ2) is 9.02.